The highest BCUT2D eigenvalue weighted by atomic mass is 32.1. The first kappa shape index (κ1) is 18.1. The maximum atomic E-state index is 12.7. The molecule has 140 valence electrons. The van der Waals surface area contributed by atoms with Crippen LogP contribution in [0.25, 0.3) is 10.2 Å². The van der Waals surface area contributed by atoms with E-state index in [4.69, 9.17) is 4.98 Å². The number of carbonyl (C=O) groups excluding carboxylic acids is 1. The molecule has 0 spiro atoms. The first-order valence-corrected chi connectivity index (χ1v) is 10.5. The van der Waals surface area contributed by atoms with Gasteiger partial charge >= 0.3 is 0 Å². The number of para-hydroxylation sites is 1. The summed E-state index contributed by atoms with van der Waals surface area (Å²) in [6.45, 7) is 6.80. The Morgan fingerprint density at radius 2 is 1.81 bits per heavy atom. The first-order valence-electron chi connectivity index (χ1n) is 9.70. The van der Waals surface area contributed by atoms with E-state index in [1.165, 1.54) is 20.2 Å². The number of nitrogens with zero attached hydrogens (tertiary/aromatic N) is 2. The van der Waals surface area contributed by atoms with Crippen LogP contribution < -0.4 is 4.90 Å². The van der Waals surface area contributed by atoms with Gasteiger partial charge in [-0.1, -0.05) is 49.4 Å². The van der Waals surface area contributed by atoms with Gasteiger partial charge in [0.25, 0.3) is 0 Å². The van der Waals surface area contributed by atoms with Crippen LogP contribution in [0.2, 0.25) is 0 Å². The van der Waals surface area contributed by atoms with Crippen molar-refractivity contribution in [3.05, 3.63) is 65.2 Å². The van der Waals surface area contributed by atoms with Gasteiger partial charge in [0.05, 0.1) is 36.4 Å². The van der Waals surface area contributed by atoms with Crippen LogP contribution in [0.1, 0.15) is 29.8 Å². The second-order valence-electron chi connectivity index (χ2n) is 7.40. The molecule has 1 N–H and O–H groups in total. The smallest absolute Gasteiger partial charge is 0.223 e. The lowest BCUT2D eigenvalue weighted by Crippen LogP contribution is -3.13. The van der Waals surface area contributed by atoms with Crippen molar-refractivity contribution in [1.29, 1.82) is 0 Å². The molecule has 1 aliphatic rings. The van der Waals surface area contributed by atoms with Crippen molar-refractivity contribution in [1.82, 2.24) is 9.88 Å². The Labute approximate surface area is 164 Å². The van der Waals surface area contributed by atoms with E-state index in [0.717, 1.165) is 38.2 Å². The van der Waals surface area contributed by atoms with Crippen LogP contribution in [0.3, 0.4) is 0 Å². The molecule has 4 nitrogen and oxygen atoms in total. The van der Waals surface area contributed by atoms with Crippen molar-refractivity contribution in [3.63, 3.8) is 0 Å². The molecule has 0 unspecified atom stereocenters. The number of thiazole rings is 1. The van der Waals surface area contributed by atoms with Gasteiger partial charge in [-0.25, -0.2) is 4.98 Å². The summed E-state index contributed by atoms with van der Waals surface area (Å²) < 4.78 is 1.26. The number of rotatable bonds is 5. The quantitative estimate of drug-likeness (QED) is 0.739. The summed E-state index contributed by atoms with van der Waals surface area (Å²) in [5.41, 5.74) is 2.34. The molecule has 1 saturated heterocycles. The molecule has 4 rings (SSSR count). The van der Waals surface area contributed by atoms with Crippen molar-refractivity contribution in [2.24, 2.45) is 0 Å². The molecule has 27 heavy (non-hydrogen) atoms. The summed E-state index contributed by atoms with van der Waals surface area (Å²) >= 11 is 1.79. The van der Waals surface area contributed by atoms with Gasteiger partial charge in [-0.2, -0.15) is 0 Å². The van der Waals surface area contributed by atoms with Gasteiger partial charge in [0.1, 0.15) is 11.6 Å². The molecule has 1 atom stereocenters. The molecule has 1 aromatic heterocycles. The van der Waals surface area contributed by atoms with E-state index in [1.54, 1.807) is 11.3 Å². The molecule has 0 saturated carbocycles. The van der Waals surface area contributed by atoms with Crippen LogP contribution in [0, 0.1) is 0 Å². The summed E-state index contributed by atoms with van der Waals surface area (Å²) in [6.07, 6.45) is 0.594. The SMILES string of the molecule is C[C@H](CC(=O)N1CC[NH+](Cc2nc3ccccc3s2)CC1)c1ccccc1. The minimum Gasteiger partial charge on any atom is -0.331 e. The number of carbonyl (C=O) groups is 1. The highest BCUT2D eigenvalue weighted by Crippen LogP contribution is 2.21. The molecule has 0 aliphatic carbocycles. The van der Waals surface area contributed by atoms with Gasteiger partial charge < -0.3 is 9.80 Å². The van der Waals surface area contributed by atoms with Gasteiger partial charge in [-0.05, 0) is 23.6 Å². The van der Waals surface area contributed by atoms with Crippen molar-refractivity contribution in [2.75, 3.05) is 26.2 Å². The normalized spacial score (nSPS) is 16.6. The number of amides is 1. The monoisotopic (exact) mass is 380 g/mol. The van der Waals surface area contributed by atoms with E-state index in [9.17, 15) is 4.79 Å². The Kier molecular flexibility index (Phi) is 5.50. The highest BCUT2D eigenvalue weighted by Gasteiger charge is 2.25. The Hall–Kier alpha value is -2.24. The summed E-state index contributed by atoms with van der Waals surface area (Å²) in [5, 5.41) is 1.20. The van der Waals surface area contributed by atoms with E-state index < -0.39 is 0 Å². The highest BCUT2D eigenvalue weighted by molar-refractivity contribution is 7.18. The van der Waals surface area contributed by atoms with E-state index >= 15 is 0 Å². The zero-order valence-electron chi connectivity index (χ0n) is 15.7. The number of aromatic nitrogens is 1. The van der Waals surface area contributed by atoms with Crippen LogP contribution in [0.5, 0.6) is 0 Å². The van der Waals surface area contributed by atoms with Crippen LogP contribution in [0.4, 0.5) is 0 Å². The van der Waals surface area contributed by atoms with Crippen molar-refractivity contribution >= 4 is 27.5 Å². The summed E-state index contributed by atoms with van der Waals surface area (Å²) in [6, 6.07) is 18.6. The standard InChI is InChI=1S/C22H25N3OS/c1-17(18-7-3-2-4-8-18)15-22(26)25-13-11-24(12-14-25)16-21-23-19-9-5-6-10-20(19)27-21/h2-10,17H,11-16H2,1H3/p+1/t17-/m1/s1. The third kappa shape index (κ3) is 4.37. The van der Waals surface area contributed by atoms with Crippen molar-refractivity contribution in [3.8, 4) is 0 Å². The third-order valence-electron chi connectivity index (χ3n) is 5.41. The predicted octanol–water partition coefficient (Wildman–Crippen LogP) is 2.72. The lowest BCUT2D eigenvalue weighted by atomic mass is 9.97. The molecular weight excluding hydrogens is 354 g/mol. The Bertz CT molecular complexity index is 867. The number of quaternary nitrogens is 1. The van der Waals surface area contributed by atoms with Gasteiger partial charge in [-0.3, -0.25) is 4.79 Å². The largest absolute Gasteiger partial charge is 0.331 e. The van der Waals surface area contributed by atoms with Gasteiger partial charge in [0.2, 0.25) is 5.91 Å². The molecule has 5 heteroatoms. The Morgan fingerprint density at radius 1 is 1.11 bits per heavy atom. The average molecular weight is 381 g/mol. The molecule has 1 fully saturated rings. The summed E-state index contributed by atoms with van der Waals surface area (Å²) in [4.78, 5) is 21.0. The fourth-order valence-corrected chi connectivity index (χ4v) is 4.79. The Balaban J connectivity index is 1.28. The number of hydrogen-bond donors (Lipinski definition) is 1. The van der Waals surface area contributed by atoms with E-state index in [-0.39, 0.29) is 11.8 Å². The topological polar surface area (TPSA) is 37.6 Å². The maximum absolute atomic E-state index is 12.7. The van der Waals surface area contributed by atoms with Crippen LogP contribution >= 0.6 is 11.3 Å². The maximum Gasteiger partial charge on any atom is 0.223 e. The van der Waals surface area contributed by atoms with Gasteiger partial charge in [-0.15, -0.1) is 11.3 Å². The third-order valence-corrected chi connectivity index (χ3v) is 6.45. The minimum absolute atomic E-state index is 0.270. The summed E-state index contributed by atoms with van der Waals surface area (Å²) in [7, 11) is 0. The average Bonchev–Trinajstić information content (AvgIpc) is 3.11. The molecule has 3 aromatic rings. The van der Waals surface area contributed by atoms with E-state index in [2.05, 4.69) is 37.3 Å². The molecular formula is C22H26N3OS+. The van der Waals surface area contributed by atoms with Crippen LogP contribution in [-0.4, -0.2) is 42.0 Å². The molecule has 2 heterocycles. The fraction of sp³-hybridized carbons (Fsp3) is 0.364. The molecule has 1 aliphatic heterocycles. The number of hydrogen-bond acceptors (Lipinski definition) is 3. The van der Waals surface area contributed by atoms with Gasteiger partial charge in [0.15, 0.2) is 0 Å². The van der Waals surface area contributed by atoms with Crippen molar-refractivity contribution in [2.45, 2.75) is 25.8 Å². The van der Waals surface area contributed by atoms with Crippen LogP contribution in [-0.2, 0) is 11.3 Å². The second-order valence-corrected chi connectivity index (χ2v) is 8.51. The van der Waals surface area contributed by atoms with E-state index in [1.807, 2.05) is 29.2 Å². The molecule has 0 bridgehead atoms. The van der Waals surface area contributed by atoms with E-state index in [0.29, 0.717) is 6.42 Å². The van der Waals surface area contributed by atoms with Gasteiger partial charge in [0, 0.05) is 6.42 Å². The van der Waals surface area contributed by atoms with Crippen molar-refractivity contribution < 1.29 is 9.69 Å². The summed E-state index contributed by atoms with van der Waals surface area (Å²) in [5.74, 6) is 0.553. The molecule has 0 radical (unpaired) electrons. The number of fused-ring (bicyclic) bond motifs is 1. The number of benzene rings is 2. The lowest BCUT2D eigenvalue weighted by molar-refractivity contribution is -0.917. The fourth-order valence-electron chi connectivity index (χ4n) is 3.75. The second kappa shape index (κ2) is 8.19. The zero-order chi connectivity index (χ0) is 18.6. The van der Waals surface area contributed by atoms with Crippen LogP contribution in [0.15, 0.2) is 54.6 Å². The predicted molar refractivity (Wildman–Crippen MR) is 110 cm³/mol. The molecule has 1 amide bonds. The minimum atomic E-state index is 0.270. The number of piperazine rings is 1. The molecule has 2 aromatic carbocycles. The number of nitrogens with one attached hydrogen (secondary N) is 1. The zero-order valence-corrected chi connectivity index (χ0v) is 16.5. The Morgan fingerprint density at radius 3 is 2.56 bits per heavy atom. The first-order chi connectivity index (χ1) is 13.2. The lowest BCUT2D eigenvalue weighted by Gasteiger charge is -2.32.